The van der Waals surface area contributed by atoms with Crippen molar-refractivity contribution < 1.29 is 4.79 Å². The standard InChI is InChI=1S/C22H16N6OS/c1-13-5-8-19(30-13)22(29)27-21-15-10-14(6-7-17(15)24-12-25-21)16-11-26-28-20(16)18-4-2-3-9-23-18/h2-12H,1H3,(H,26,28)(H,24,25,27,29). The summed E-state index contributed by atoms with van der Waals surface area (Å²) in [7, 11) is 0. The Morgan fingerprint density at radius 2 is 2.00 bits per heavy atom. The quantitative estimate of drug-likeness (QED) is 0.446. The first-order chi connectivity index (χ1) is 14.7. The molecule has 4 aromatic heterocycles. The highest BCUT2D eigenvalue weighted by atomic mass is 32.1. The predicted molar refractivity (Wildman–Crippen MR) is 117 cm³/mol. The lowest BCUT2D eigenvalue weighted by atomic mass is 10.0. The van der Waals surface area contributed by atoms with Crippen LogP contribution in [0, 0.1) is 6.92 Å². The van der Waals surface area contributed by atoms with Crippen LogP contribution in [0.4, 0.5) is 5.82 Å². The summed E-state index contributed by atoms with van der Waals surface area (Å²) in [5.74, 6) is 0.289. The summed E-state index contributed by atoms with van der Waals surface area (Å²) in [5, 5.41) is 10.9. The Kier molecular flexibility index (Phi) is 4.53. The molecule has 1 aromatic carbocycles. The number of aryl methyl sites for hydroxylation is 1. The van der Waals surface area contributed by atoms with Crippen LogP contribution in [0.25, 0.3) is 33.4 Å². The Labute approximate surface area is 175 Å². The van der Waals surface area contributed by atoms with Gasteiger partial charge in [0.15, 0.2) is 0 Å². The molecule has 0 unspecified atom stereocenters. The molecule has 0 saturated heterocycles. The number of hydrogen-bond acceptors (Lipinski definition) is 6. The number of amides is 1. The topological polar surface area (TPSA) is 96.5 Å². The highest BCUT2D eigenvalue weighted by Gasteiger charge is 2.15. The van der Waals surface area contributed by atoms with E-state index in [1.54, 1.807) is 12.4 Å². The van der Waals surface area contributed by atoms with Crippen molar-refractivity contribution in [3.05, 3.63) is 77.0 Å². The Balaban J connectivity index is 1.56. The number of benzene rings is 1. The molecule has 0 spiro atoms. The van der Waals surface area contributed by atoms with Gasteiger partial charge in [-0.3, -0.25) is 14.9 Å². The monoisotopic (exact) mass is 412 g/mol. The van der Waals surface area contributed by atoms with Gasteiger partial charge in [-0.05, 0) is 48.9 Å². The molecule has 30 heavy (non-hydrogen) atoms. The third-order valence-electron chi connectivity index (χ3n) is 4.70. The van der Waals surface area contributed by atoms with E-state index >= 15 is 0 Å². The molecule has 2 N–H and O–H groups in total. The molecule has 4 heterocycles. The van der Waals surface area contributed by atoms with Crippen LogP contribution < -0.4 is 5.32 Å². The number of carbonyl (C=O) groups is 1. The Morgan fingerprint density at radius 1 is 1.07 bits per heavy atom. The second kappa shape index (κ2) is 7.49. The number of hydrogen-bond donors (Lipinski definition) is 2. The fourth-order valence-corrected chi connectivity index (χ4v) is 4.02. The lowest BCUT2D eigenvalue weighted by Crippen LogP contribution is -2.12. The van der Waals surface area contributed by atoms with Gasteiger partial charge in [0.25, 0.3) is 5.91 Å². The second-order valence-electron chi connectivity index (χ2n) is 6.69. The van der Waals surface area contributed by atoms with Crippen molar-refractivity contribution in [2.45, 2.75) is 6.92 Å². The fraction of sp³-hybridized carbons (Fsp3) is 0.0455. The number of thiophene rings is 1. The van der Waals surface area contributed by atoms with Crippen molar-refractivity contribution in [2.75, 3.05) is 5.32 Å². The molecular weight excluding hydrogens is 396 g/mol. The maximum atomic E-state index is 12.6. The zero-order valence-corrected chi connectivity index (χ0v) is 16.8. The number of carbonyl (C=O) groups excluding carboxylic acids is 1. The second-order valence-corrected chi connectivity index (χ2v) is 7.98. The normalized spacial score (nSPS) is 11.0. The SMILES string of the molecule is Cc1ccc(C(=O)Nc2ncnc3ccc(-c4cn[nH]c4-c4ccccn4)cc23)s1. The smallest absolute Gasteiger partial charge is 0.266 e. The highest BCUT2D eigenvalue weighted by Crippen LogP contribution is 2.32. The maximum Gasteiger partial charge on any atom is 0.266 e. The summed E-state index contributed by atoms with van der Waals surface area (Å²) < 4.78 is 0. The number of H-pyrrole nitrogens is 1. The van der Waals surface area contributed by atoms with E-state index in [0.29, 0.717) is 10.7 Å². The van der Waals surface area contributed by atoms with Crippen LogP contribution in [0.2, 0.25) is 0 Å². The van der Waals surface area contributed by atoms with E-state index in [2.05, 4.69) is 30.5 Å². The first-order valence-electron chi connectivity index (χ1n) is 9.27. The zero-order chi connectivity index (χ0) is 20.5. The van der Waals surface area contributed by atoms with Gasteiger partial charge in [0.1, 0.15) is 12.1 Å². The van der Waals surface area contributed by atoms with Gasteiger partial charge >= 0.3 is 0 Å². The van der Waals surface area contributed by atoms with E-state index in [-0.39, 0.29) is 5.91 Å². The molecule has 0 bridgehead atoms. The number of rotatable bonds is 4. The molecule has 0 fully saturated rings. The van der Waals surface area contributed by atoms with Crippen LogP contribution in [0.5, 0.6) is 0 Å². The first kappa shape index (κ1) is 18.1. The molecule has 0 aliphatic rings. The van der Waals surface area contributed by atoms with Crippen molar-refractivity contribution in [1.29, 1.82) is 0 Å². The summed E-state index contributed by atoms with van der Waals surface area (Å²) in [6.07, 6.45) is 4.96. The molecular formula is C22H16N6OS. The largest absolute Gasteiger partial charge is 0.305 e. The van der Waals surface area contributed by atoms with Crippen molar-refractivity contribution in [2.24, 2.45) is 0 Å². The number of aromatic amines is 1. The van der Waals surface area contributed by atoms with Gasteiger partial charge in [0, 0.05) is 22.0 Å². The summed E-state index contributed by atoms with van der Waals surface area (Å²) in [5.41, 5.74) is 4.21. The number of fused-ring (bicyclic) bond motifs is 1. The first-order valence-corrected chi connectivity index (χ1v) is 10.1. The Bertz CT molecular complexity index is 1360. The molecule has 1 amide bonds. The lowest BCUT2D eigenvalue weighted by Gasteiger charge is -2.09. The van der Waals surface area contributed by atoms with Crippen molar-refractivity contribution in [3.63, 3.8) is 0 Å². The minimum atomic E-state index is -0.184. The van der Waals surface area contributed by atoms with Crippen molar-refractivity contribution in [3.8, 4) is 22.5 Å². The minimum Gasteiger partial charge on any atom is -0.305 e. The highest BCUT2D eigenvalue weighted by molar-refractivity contribution is 7.14. The summed E-state index contributed by atoms with van der Waals surface area (Å²) in [4.78, 5) is 27.4. The van der Waals surface area contributed by atoms with Crippen LogP contribution in [-0.2, 0) is 0 Å². The average Bonchev–Trinajstić information content (AvgIpc) is 3.44. The maximum absolute atomic E-state index is 12.6. The number of pyridine rings is 1. The Hall–Kier alpha value is -3.91. The van der Waals surface area contributed by atoms with E-state index in [1.165, 1.54) is 17.7 Å². The number of nitrogens with zero attached hydrogens (tertiary/aromatic N) is 4. The molecule has 0 radical (unpaired) electrons. The van der Waals surface area contributed by atoms with Gasteiger partial charge in [-0.15, -0.1) is 11.3 Å². The van der Waals surface area contributed by atoms with Crippen LogP contribution in [0.15, 0.2) is 67.3 Å². The summed E-state index contributed by atoms with van der Waals surface area (Å²) in [6.45, 7) is 1.97. The van der Waals surface area contributed by atoms with Crippen molar-refractivity contribution in [1.82, 2.24) is 25.1 Å². The number of nitrogens with one attached hydrogen (secondary N) is 2. The van der Waals surface area contributed by atoms with Gasteiger partial charge in [0.2, 0.25) is 0 Å². The van der Waals surface area contributed by atoms with Gasteiger partial charge in [0.05, 0.1) is 28.0 Å². The van der Waals surface area contributed by atoms with Gasteiger partial charge in [-0.2, -0.15) is 5.10 Å². The molecule has 146 valence electrons. The number of anilines is 1. The van der Waals surface area contributed by atoms with Crippen LogP contribution >= 0.6 is 11.3 Å². The average molecular weight is 412 g/mol. The van der Waals surface area contributed by atoms with E-state index in [9.17, 15) is 4.79 Å². The predicted octanol–water partition coefficient (Wildman–Crippen LogP) is 4.70. The third-order valence-corrected chi connectivity index (χ3v) is 5.70. The molecule has 0 atom stereocenters. The van der Waals surface area contributed by atoms with Crippen molar-refractivity contribution >= 4 is 34.0 Å². The van der Waals surface area contributed by atoms with E-state index in [4.69, 9.17) is 0 Å². The Morgan fingerprint density at radius 3 is 2.80 bits per heavy atom. The van der Waals surface area contributed by atoms with Gasteiger partial charge < -0.3 is 5.32 Å². The molecule has 0 saturated carbocycles. The fourth-order valence-electron chi connectivity index (χ4n) is 3.26. The van der Waals surface area contributed by atoms with Crippen LogP contribution in [0.3, 0.4) is 0 Å². The van der Waals surface area contributed by atoms with E-state index < -0.39 is 0 Å². The summed E-state index contributed by atoms with van der Waals surface area (Å²) in [6, 6.07) is 15.3. The van der Waals surface area contributed by atoms with Gasteiger partial charge in [-0.25, -0.2) is 9.97 Å². The van der Waals surface area contributed by atoms with E-state index in [0.717, 1.165) is 38.3 Å². The van der Waals surface area contributed by atoms with Crippen LogP contribution in [0.1, 0.15) is 14.5 Å². The zero-order valence-electron chi connectivity index (χ0n) is 16.0. The molecule has 0 aliphatic carbocycles. The molecule has 0 aliphatic heterocycles. The molecule has 5 rings (SSSR count). The lowest BCUT2D eigenvalue weighted by molar-refractivity contribution is 0.103. The van der Waals surface area contributed by atoms with Crippen LogP contribution in [-0.4, -0.2) is 31.1 Å². The van der Waals surface area contributed by atoms with E-state index in [1.807, 2.05) is 55.5 Å². The number of aromatic nitrogens is 5. The third kappa shape index (κ3) is 3.33. The molecule has 5 aromatic rings. The minimum absolute atomic E-state index is 0.184. The molecule has 8 heteroatoms. The van der Waals surface area contributed by atoms with Gasteiger partial charge in [-0.1, -0.05) is 12.1 Å². The molecule has 7 nitrogen and oxygen atoms in total. The summed E-state index contributed by atoms with van der Waals surface area (Å²) >= 11 is 1.45.